The van der Waals surface area contributed by atoms with E-state index >= 15 is 0 Å². The third-order valence-corrected chi connectivity index (χ3v) is 30.7. The Morgan fingerprint density at radius 2 is 0.364 bits per heavy atom. The van der Waals surface area contributed by atoms with Gasteiger partial charge in [0.1, 0.15) is 0 Å². The normalized spacial score (nSPS) is 11.8. The third kappa shape index (κ3) is 18.7. The van der Waals surface area contributed by atoms with E-state index in [1.165, 1.54) is 73.3 Å². The maximum Gasteiger partial charge on any atom is 2.00 e. The van der Waals surface area contributed by atoms with Gasteiger partial charge in [0, 0.05) is 120 Å². The number of fused-ring (bicyclic) bond motifs is 16. The molecule has 0 amide bonds. The van der Waals surface area contributed by atoms with Crippen molar-refractivity contribution in [3.63, 3.8) is 0 Å². The van der Waals surface area contributed by atoms with E-state index in [2.05, 4.69) is 436 Å². The van der Waals surface area contributed by atoms with E-state index < -0.39 is 15.8 Å². The SMILES string of the molecule is Cc1ccc(-c2c3nc(c(-c4ccncc4)c4nc(c(-c5ccc(C)cc5)c5ccc([nH]5)c(-c5ccc(C)cc5)c5ccc2[nH]5)C=C4)C=C3)cc1.Cc1ccc(-c2c3nc(c(-c4ccncc4)c4nc(c(-c5ccc(C)cc5)c5ccc([nH]5)c(-c5ccc(C)cc5)c5ccc2[nH]5)C=C4)C=C3)cc1.[Pd+2].c1ccc([PH+](CCC[PH+](c2ccccc2)c2ccccc2)c2ccccc2)cc1. The summed E-state index contributed by atoms with van der Waals surface area (Å²) in [5.41, 5.74) is 39.2. The van der Waals surface area contributed by atoms with Crippen molar-refractivity contribution < 1.29 is 20.4 Å². The molecule has 8 aromatic heterocycles. The zero-order chi connectivity index (χ0) is 88.7. The second-order valence-corrected chi connectivity index (χ2v) is 39.2. The summed E-state index contributed by atoms with van der Waals surface area (Å²) >= 11 is 0. The topological polar surface area (TPSA) is 140 Å². The summed E-state index contributed by atoms with van der Waals surface area (Å²) < 4.78 is 0. The maximum absolute atomic E-state index is 5.36. The maximum atomic E-state index is 5.36. The van der Waals surface area contributed by atoms with Crippen molar-refractivity contribution in [3.8, 4) is 89.0 Å². The van der Waals surface area contributed by atoms with Gasteiger partial charge >= 0.3 is 20.4 Å². The van der Waals surface area contributed by atoms with Crippen molar-refractivity contribution in [2.24, 2.45) is 0 Å². The molecule has 16 bridgehead atoms. The summed E-state index contributed by atoms with van der Waals surface area (Å²) in [7, 11) is -1.48. The minimum Gasteiger partial charge on any atom is -0.354 e. The van der Waals surface area contributed by atoms with Crippen LogP contribution in [0.2, 0.25) is 0 Å². The summed E-state index contributed by atoms with van der Waals surface area (Å²) in [6, 6.07) is 122. The molecule has 12 heterocycles. The fourth-order valence-electron chi connectivity index (χ4n) is 18.1. The summed E-state index contributed by atoms with van der Waals surface area (Å²) in [6.45, 7) is 12.7. The molecule has 4 aliphatic heterocycles. The van der Waals surface area contributed by atoms with Gasteiger partial charge in [-0.25, -0.2) is 19.9 Å². The van der Waals surface area contributed by atoms with E-state index in [0.717, 1.165) is 179 Å². The Hall–Kier alpha value is -14.8. The van der Waals surface area contributed by atoms with Crippen LogP contribution < -0.4 is 21.2 Å². The first-order valence-corrected chi connectivity index (χ1v) is 48.3. The third-order valence-electron chi connectivity index (χ3n) is 24.8. The average Bonchev–Trinajstić information content (AvgIpc) is 1.61. The molecule has 132 heavy (non-hydrogen) atoms. The minimum atomic E-state index is -0.742. The van der Waals surface area contributed by atoms with Crippen LogP contribution >= 0.6 is 15.8 Å². The van der Waals surface area contributed by atoms with Crippen LogP contribution in [0.5, 0.6) is 0 Å². The summed E-state index contributed by atoms with van der Waals surface area (Å²) in [6.07, 6.45) is 28.1. The second kappa shape index (κ2) is 39.3. The predicted molar refractivity (Wildman–Crippen MR) is 560 cm³/mol. The molecule has 13 heteroatoms. The van der Waals surface area contributed by atoms with Crippen molar-refractivity contribution >= 4 is 130 Å². The van der Waals surface area contributed by atoms with Crippen LogP contribution in [-0.2, 0) is 20.4 Å². The van der Waals surface area contributed by atoms with Gasteiger partial charge < -0.3 is 19.9 Å². The summed E-state index contributed by atoms with van der Waals surface area (Å²) in [5.74, 6) is 0. The summed E-state index contributed by atoms with van der Waals surface area (Å²) in [4.78, 5) is 45.4. The molecule has 0 atom stereocenters. The van der Waals surface area contributed by atoms with Gasteiger partial charge in [-0.2, -0.15) is 0 Å². The van der Waals surface area contributed by atoms with E-state index in [4.69, 9.17) is 19.9 Å². The fraction of sp³-hybridized carbons (Fsp3) is 0.0756. The Kier molecular flexibility index (Phi) is 25.8. The molecular weight excluding hydrogens is 1740 g/mol. The molecule has 10 nitrogen and oxygen atoms in total. The van der Waals surface area contributed by atoms with Crippen LogP contribution in [0.1, 0.15) is 85.4 Å². The van der Waals surface area contributed by atoms with Gasteiger partial charge in [-0.3, -0.25) is 9.97 Å². The molecule has 0 fully saturated rings. The Labute approximate surface area is 786 Å². The average molecular weight is 1840 g/mol. The van der Waals surface area contributed by atoms with E-state index in [0.29, 0.717) is 0 Å². The first kappa shape index (κ1) is 86.6. The minimum absolute atomic E-state index is 0. The molecule has 22 rings (SSSR count). The number of aromatic nitrogens is 10. The van der Waals surface area contributed by atoms with Gasteiger partial charge in [0.05, 0.1) is 94.9 Å². The Balaban J connectivity index is 0.000000133. The number of hydrogen-bond acceptors (Lipinski definition) is 6. The number of aryl methyl sites for hydroxylation is 6. The second-order valence-electron chi connectivity index (χ2n) is 33.9. The zero-order valence-electron chi connectivity index (χ0n) is 74.4. The number of aromatic amines is 4. The molecule has 0 aliphatic carbocycles. The van der Waals surface area contributed by atoms with Gasteiger partial charge in [-0.15, -0.1) is 0 Å². The number of hydrogen-bond donors (Lipinski definition) is 4. The molecule has 4 aliphatic rings. The molecule has 0 unspecified atom stereocenters. The van der Waals surface area contributed by atoms with Gasteiger partial charge in [0.15, 0.2) is 0 Å². The zero-order valence-corrected chi connectivity index (χ0v) is 77.9. The standard InChI is InChI=1S/2C46H35N5.C27H26P2.Pd/c2*1-28-4-10-31(11-5-28)43-35-16-18-37(48-35)44(32-12-6-29(2)7-13-32)39-20-22-41(50-39)46(34-24-26-47-27-25-34)42-23-21-40(51-42)45(38-19-17-36(43)49-38)33-14-8-30(3)9-15-33;1-5-14-24(15-6-1)28(25-16-7-2-8-17-25)22-13-23-29(26-18-9-3-10-19-26)27-20-11-4-12-21-27;/h2*4-27,48-49H,1-3H3;1-12,14-21H,13,22-23H2;/q;;;+2/p+2. The fourth-order valence-corrected chi connectivity index (χ4v) is 23.7. The molecule has 18 aromatic rings. The van der Waals surface area contributed by atoms with Crippen LogP contribution in [0.3, 0.4) is 0 Å². The quantitative estimate of drug-likeness (QED) is 0.0561. The van der Waals surface area contributed by atoms with Crippen molar-refractivity contribution in [1.29, 1.82) is 0 Å². The van der Waals surface area contributed by atoms with Gasteiger partial charge in [0.2, 0.25) is 0 Å². The number of benzene rings is 10. The van der Waals surface area contributed by atoms with Gasteiger partial charge in [-0.05, 0) is 256 Å². The van der Waals surface area contributed by atoms with Crippen LogP contribution in [0.4, 0.5) is 0 Å². The molecule has 10 aromatic carbocycles. The number of pyridine rings is 2. The largest absolute Gasteiger partial charge is 2.00 e. The van der Waals surface area contributed by atoms with Crippen molar-refractivity contribution in [2.75, 3.05) is 12.3 Å². The van der Waals surface area contributed by atoms with Crippen molar-refractivity contribution in [2.45, 2.75) is 48.0 Å². The van der Waals surface area contributed by atoms with Crippen LogP contribution in [0, 0.1) is 41.5 Å². The first-order valence-electron chi connectivity index (χ1n) is 44.9. The monoisotopic (exact) mass is 1830 g/mol. The number of rotatable bonds is 16. The molecule has 4 N–H and O–H groups in total. The van der Waals surface area contributed by atoms with Crippen molar-refractivity contribution in [3.05, 3.63) is 443 Å². The molecule has 0 radical (unpaired) electrons. The Morgan fingerprint density at radius 3 is 0.568 bits per heavy atom. The Morgan fingerprint density at radius 1 is 0.189 bits per heavy atom. The van der Waals surface area contributed by atoms with Gasteiger partial charge in [-0.1, -0.05) is 252 Å². The molecule has 0 saturated carbocycles. The van der Waals surface area contributed by atoms with E-state index in [1.807, 2.05) is 49.1 Å². The van der Waals surface area contributed by atoms with Crippen LogP contribution in [-0.4, -0.2) is 62.2 Å². The van der Waals surface area contributed by atoms with Crippen LogP contribution in [0.15, 0.2) is 365 Å². The molecule has 0 saturated heterocycles. The van der Waals surface area contributed by atoms with Crippen molar-refractivity contribution in [1.82, 2.24) is 49.8 Å². The first-order chi connectivity index (χ1) is 64.4. The van der Waals surface area contributed by atoms with E-state index in [1.54, 1.807) is 0 Å². The molecule has 0 spiro atoms. The smallest absolute Gasteiger partial charge is 0.354 e. The van der Waals surface area contributed by atoms with Gasteiger partial charge in [0.25, 0.3) is 0 Å². The number of nitrogens with zero attached hydrogens (tertiary/aromatic N) is 6. The molecule has 640 valence electrons. The number of nitrogens with one attached hydrogen (secondary N) is 4. The molecular formula is C119H98N10P2Pd+4. The number of H-pyrrole nitrogens is 4. The summed E-state index contributed by atoms with van der Waals surface area (Å²) in [5, 5.41) is 6.10. The Bertz CT molecular complexity index is 6890. The van der Waals surface area contributed by atoms with E-state index in [-0.39, 0.29) is 20.4 Å². The van der Waals surface area contributed by atoms with E-state index in [9.17, 15) is 0 Å². The predicted octanol–water partition coefficient (Wildman–Crippen LogP) is 28.4. The van der Waals surface area contributed by atoms with Crippen LogP contribution in [0.25, 0.3) is 182 Å².